The van der Waals surface area contributed by atoms with Gasteiger partial charge in [0.25, 0.3) is 0 Å². The van der Waals surface area contributed by atoms with Crippen LogP contribution < -0.4 is 0 Å². The Morgan fingerprint density at radius 1 is 0.410 bits per heavy atom. The van der Waals surface area contributed by atoms with Gasteiger partial charge in [0, 0.05) is 19.3 Å². The number of rotatable bonds is 57. The van der Waals surface area contributed by atoms with Gasteiger partial charge in [-0.1, -0.05) is 241 Å². The van der Waals surface area contributed by atoms with Crippen LogP contribution in [0.3, 0.4) is 0 Å². The van der Waals surface area contributed by atoms with E-state index in [1.165, 1.54) is 89.9 Å². The summed E-state index contributed by atoms with van der Waals surface area (Å²) in [6.45, 7) is 5.86. The van der Waals surface area contributed by atoms with E-state index >= 15 is 0 Å². The number of ether oxygens (including phenoxy) is 5. The smallest absolute Gasteiger partial charge is 0.335 e. The largest absolute Gasteiger partial charge is 0.479 e. The van der Waals surface area contributed by atoms with Crippen molar-refractivity contribution in [3.63, 3.8) is 0 Å². The van der Waals surface area contributed by atoms with Gasteiger partial charge in [-0.3, -0.25) is 14.4 Å². The van der Waals surface area contributed by atoms with E-state index in [-0.39, 0.29) is 25.9 Å². The maximum absolute atomic E-state index is 13.2. The first-order valence-corrected chi connectivity index (χ1v) is 33.6. The van der Waals surface area contributed by atoms with Crippen molar-refractivity contribution < 1.29 is 58.2 Å². The second-order valence-corrected chi connectivity index (χ2v) is 22.7. The fourth-order valence-electron chi connectivity index (χ4n) is 9.80. The van der Waals surface area contributed by atoms with E-state index in [1.54, 1.807) is 0 Å². The lowest BCUT2D eigenvalue weighted by Gasteiger charge is -2.40. The van der Waals surface area contributed by atoms with Gasteiger partial charge < -0.3 is 39.0 Å². The monoisotopic (exact) mass is 1160 g/mol. The molecule has 6 atom stereocenters. The number of carbonyl (C=O) groups excluding carboxylic acids is 3. The molecule has 1 saturated heterocycles. The van der Waals surface area contributed by atoms with Crippen molar-refractivity contribution in [1.29, 1.82) is 0 Å². The van der Waals surface area contributed by atoms with Crippen LogP contribution >= 0.6 is 0 Å². The third-order valence-electron chi connectivity index (χ3n) is 14.9. The second-order valence-electron chi connectivity index (χ2n) is 22.7. The highest BCUT2D eigenvalue weighted by Crippen LogP contribution is 2.27. The van der Waals surface area contributed by atoms with Gasteiger partial charge in [-0.05, 0) is 116 Å². The molecule has 476 valence electrons. The van der Waals surface area contributed by atoms with Crippen molar-refractivity contribution in [2.24, 2.45) is 0 Å². The predicted octanol–water partition coefficient (Wildman–Crippen LogP) is 18.2. The average Bonchev–Trinajstić information content (AvgIpc) is 3.57. The Bertz CT molecular complexity index is 1760. The van der Waals surface area contributed by atoms with E-state index in [0.717, 1.165) is 141 Å². The molecule has 1 fully saturated rings. The minimum atomic E-state index is -1.91. The van der Waals surface area contributed by atoms with Crippen molar-refractivity contribution in [1.82, 2.24) is 0 Å². The molecule has 1 heterocycles. The SMILES string of the molecule is CC/C=C\C/C=C\C/C=C\C/C=C\CCCCCCCCC(=O)OCC(COC1OC(C(=O)O)C(O)C(O)C1OC(=O)CCCCCCCCCCC/C=C\C/C=C\CCCCC)OC(=O)CCCCCCC/C=C\CCCCCCCC. The van der Waals surface area contributed by atoms with E-state index < -0.39 is 67.3 Å². The van der Waals surface area contributed by atoms with Crippen LogP contribution in [-0.2, 0) is 42.9 Å². The topological polar surface area (TPSA) is 175 Å². The number of esters is 3. The zero-order valence-corrected chi connectivity index (χ0v) is 52.7. The van der Waals surface area contributed by atoms with Crippen LogP contribution in [0, 0.1) is 0 Å². The first-order valence-electron chi connectivity index (χ1n) is 33.6. The van der Waals surface area contributed by atoms with E-state index in [9.17, 15) is 34.5 Å². The standard InChI is InChI=1S/C71H120O12/c1-4-7-10-13-16-19-22-25-28-30-32-34-37-39-42-45-48-51-54-57-63(72)79-60-62(81-64(73)58-55-52-49-46-43-40-36-27-24-21-18-15-12-9-6-3)61-80-71-69(67(76)66(75)68(83-71)70(77)78)82-65(74)59-56-53-50-47-44-41-38-35-33-31-29-26-23-20-17-14-11-8-5-2/h7,10,16-17,19-20,25-29,32,34,36,62,66-69,71,75-76H,4-6,8-9,11-15,18,21-24,30-31,33,35,37-61H2,1-3H3,(H,77,78)/b10-7-,19-16-,20-17-,28-25-,29-26-,34-32-,36-27-. The Morgan fingerprint density at radius 2 is 0.759 bits per heavy atom. The fraction of sp³-hybridized carbons (Fsp3) is 0.746. The van der Waals surface area contributed by atoms with Crippen LogP contribution in [0.2, 0.25) is 0 Å². The van der Waals surface area contributed by atoms with Gasteiger partial charge in [0.15, 0.2) is 24.6 Å². The first kappa shape index (κ1) is 76.9. The van der Waals surface area contributed by atoms with Crippen LogP contribution in [0.1, 0.15) is 290 Å². The van der Waals surface area contributed by atoms with E-state index in [2.05, 4.69) is 106 Å². The normalized spacial score (nSPS) is 18.1. The summed E-state index contributed by atoms with van der Waals surface area (Å²) in [5, 5.41) is 31.6. The highest BCUT2D eigenvalue weighted by molar-refractivity contribution is 5.74. The van der Waals surface area contributed by atoms with Crippen molar-refractivity contribution in [2.75, 3.05) is 13.2 Å². The Morgan fingerprint density at radius 3 is 1.19 bits per heavy atom. The van der Waals surface area contributed by atoms with E-state index in [1.807, 2.05) is 0 Å². The molecule has 12 heteroatoms. The molecule has 1 aliphatic heterocycles. The van der Waals surface area contributed by atoms with Gasteiger partial charge in [0.2, 0.25) is 0 Å². The van der Waals surface area contributed by atoms with Crippen molar-refractivity contribution in [2.45, 2.75) is 327 Å². The molecule has 1 aliphatic rings. The molecule has 12 nitrogen and oxygen atoms in total. The molecule has 0 amide bonds. The summed E-state index contributed by atoms with van der Waals surface area (Å²) >= 11 is 0. The number of hydrogen-bond acceptors (Lipinski definition) is 11. The molecular weight excluding hydrogens is 1040 g/mol. The highest BCUT2D eigenvalue weighted by atomic mass is 16.7. The van der Waals surface area contributed by atoms with E-state index in [0.29, 0.717) is 19.3 Å². The second kappa shape index (κ2) is 58.3. The van der Waals surface area contributed by atoms with E-state index in [4.69, 9.17) is 23.7 Å². The maximum atomic E-state index is 13.2. The number of aliphatic hydroxyl groups excluding tert-OH is 2. The molecule has 6 unspecified atom stereocenters. The van der Waals surface area contributed by atoms with Crippen LogP contribution in [0.25, 0.3) is 0 Å². The minimum Gasteiger partial charge on any atom is -0.479 e. The molecule has 0 radical (unpaired) electrons. The van der Waals surface area contributed by atoms with Crippen molar-refractivity contribution in [3.05, 3.63) is 85.1 Å². The van der Waals surface area contributed by atoms with Gasteiger partial charge in [0.05, 0.1) is 6.61 Å². The zero-order chi connectivity index (χ0) is 60.3. The zero-order valence-electron chi connectivity index (χ0n) is 52.7. The number of carbonyl (C=O) groups is 4. The summed E-state index contributed by atoms with van der Waals surface area (Å²) in [5.74, 6) is -3.14. The lowest BCUT2D eigenvalue weighted by atomic mass is 9.98. The molecule has 0 aromatic carbocycles. The van der Waals surface area contributed by atoms with Crippen molar-refractivity contribution >= 4 is 23.9 Å². The highest BCUT2D eigenvalue weighted by Gasteiger charge is 2.50. The van der Waals surface area contributed by atoms with Gasteiger partial charge in [-0.2, -0.15) is 0 Å². The van der Waals surface area contributed by atoms with Crippen LogP contribution in [0.5, 0.6) is 0 Å². The fourth-order valence-corrected chi connectivity index (χ4v) is 9.80. The molecule has 3 N–H and O–H groups in total. The number of carboxylic acids is 1. The maximum Gasteiger partial charge on any atom is 0.335 e. The predicted molar refractivity (Wildman–Crippen MR) is 340 cm³/mol. The summed E-state index contributed by atoms with van der Waals surface area (Å²) < 4.78 is 28.6. The summed E-state index contributed by atoms with van der Waals surface area (Å²) in [7, 11) is 0. The number of unbranched alkanes of at least 4 members (excludes halogenated alkanes) is 29. The Hall–Kier alpha value is -4.10. The van der Waals surface area contributed by atoms with Crippen LogP contribution in [-0.4, -0.2) is 89.2 Å². The number of aliphatic carboxylic acids is 1. The molecule has 0 bridgehead atoms. The first-order chi connectivity index (χ1) is 40.6. The summed E-state index contributed by atoms with van der Waals surface area (Å²) in [5.41, 5.74) is 0. The molecule has 0 aliphatic carbocycles. The molecule has 83 heavy (non-hydrogen) atoms. The Kier molecular flexibility index (Phi) is 54.0. The van der Waals surface area contributed by atoms with Gasteiger partial charge in [-0.25, -0.2) is 4.79 Å². The molecule has 0 aromatic heterocycles. The average molecular weight is 1170 g/mol. The van der Waals surface area contributed by atoms with Crippen molar-refractivity contribution in [3.8, 4) is 0 Å². The number of carboxylic acid groups (broad SMARTS) is 1. The van der Waals surface area contributed by atoms with Crippen LogP contribution in [0.4, 0.5) is 0 Å². The number of allylic oxidation sites excluding steroid dienone is 14. The lowest BCUT2D eigenvalue weighted by Crippen LogP contribution is -2.61. The van der Waals surface area contributed by atoms with Gasteiger partial charge in [-0.15, -0.1) is 0 Å². The van der Waals surface area contributed by atoms with Gasteiger partial charge >= 0.3 is 23.9 Å². The number of aliphatic hydroxyl groups is 2. The summed E-state index contributed by atoms with van der Waals surface area (Å²) in [4.78, 5) is 51.4. The Balaban J connectivity index is 2.65. The Labute approximate surface area is 505 Å². The third-order valence-corrected chi connectivity index (χ3v) is 14.9. The van der Waals surface area contributed by atoms with Crippen LogP contribution in [0.15, 0.2) is 85.1 Å². The number of hydrogen-bond donors (Lipinski definition) is 3. The molecular formula is C71H120O12. The minimum absolute atomic E-state index is 0.0514. The van der Waals surface area contributed by atoms with Gasteiger partial charge in [0.1, 0.15) is 18.8 Å². The molecule has 0 saturated carbocycles. The third kappa shape index (κ3) is 47.8. The molecule has 1 rings (SSSR count). The summed E-state index contributed by atoms with van der Waals surface area (Å²) in [6.07, 6.45) is 63.9. The molecule has 0 spiro atoms. The summed E-state index contributed by atoms with van der Waals surface area (Å²) in [6, 6.07) is 0. The molecule has 0 aromatic rings. The lowest BCUT2D eigenvalue weighted by molar-refractivity contribution is -0.301. The quantitative estimate of drug-likeness (QED) is 0.0228.